The number of nitrogens with zero attached hydrogens (tertiary/aromatic N) is 3. The highest BCUT2D eigenvalue weighted by Gasteiger charge is 2.45. The maximum absolute atomic E-state index is 13.3. The number of hydrogen-bond donors (Lipinski definition) is 1. The van der Waals surface area contributed by atoms with E-state index in [1.807, 2.05) is 0 Å². The molecule has 1 aliphatic heterocycles. The second kappa shape index (κ2) is 6.96. The van der Waals surface area contributed by atoms with E-state index < -0.39 is 11.5 Å². The van der Waals surface area contributed by atoms with E-state index in [1.54, 1.807) is 43.9 Å². The molecule has 1 aromatic heterocycles. The van der Waals surface area contributed by atoms with Gasteiger partial charge in [-0.05, 0) is 50.8 Å². The maximum Gasteiger partial charge on any atom is 0.282 e. The van der Waals surface area contributed by atoms with Crippen molar-refractivity contribution in [2.24, 2.45) is 5.92 Å². The zero-order chi connectivity index (χ0) is 20.8. The second-order valence-corrected chi connectivity index (χ2v) is 8.37. The molecule has 1 saturated carbocycles. The van der Waals surface area contributed by atoms with Crippen molar-refractivity contribution in [2.75, 3.05) is 24.6 Å². The summed E-state index contributed by atoms with van der Waals surface area (Å²) in [4.78, 5) is 18.6. The highest BCUT2D eigenvalue weighted by Crippen LogP contribution is 2.39. The number of carbonyl (C=O) groups excluding carboxylic acids is 1. The number of nitrogens with one attached hydrogen (secondary N) is 1. The Morgan fingerprint density at radius 2 is 2.10 bits per heavy atom. The molecule has 2 aromatic rings. The van der Waals surface area contributed by atoms with Crippen LogP contribution in [0.4, 0.5) is 14.5 Å². The van der Waals surface area contributed by atoms with Gasteiger partial charge in [0.05, 0.1) is 30.9 Å². The minimum atomic E-state index is -2.68. The lowest BCUT2D eigenvalue weighted by Crippen LogP contribution is -2.56. The van der Waals surface area contributed by atoms with E-state index in [0.717, 1.165) is 12.8 Å². The van der Waals surface area contributed by atoms with Crippen molar-refractivity contribution in [3.05, 3.63) is 35.5 Å². The number of ether oxygens (including phenoxy) is 1. The van der Waals surface area contributed by atoms with Crippen molar-refractivity contribution >= 4 is 11.6 Å². The summed E-state index contributed by atoms with van der Waals surface area (Å²) >= 11 is 0. The first kappa shape index (κ1) is 19.6. The van der Waals surface area contributed by atoms with Crippen molar-refractivity contribution in [1.29, 1.82) is 0 Å². The smallest absolute Gasteiger partial charge is 0.282 e. The molecule has 1 aromatic carbocycles. The SMILES string of the molecule is Cc1nc(C(C)(C)NC(=O)c2ccc(N3CC(F)(F)C3)c(OCC3CC3)c2)no1. The van der Waals surface area contributed by atoms with Crippen LogP contribution >= 0.6 is 0 Å². The Balaban J connectivity index is 1.53. The van der Waals surface area contributed by atoms with Crippen molar-refractivity contribution in [1.82, 2.24) is 15.5 Å². The molecule has 0 radical (unpaired) electrons. The summed E-state index contributed by atoms with van der Waals surface area (Å²) in [5, 5.41) is 6.76. The third-order valence-corrected chi connectivity index (χ3v) is 5.09. The summed E-state index contributed by atoms with van der Waals surface area (Å²) in [6, 6.07) is 4.89. The zero-order valence-electron chi connectivity index (χ0n) is 16.7. The lowest BCUT2D eigenvalue weighted by atomic mass is 10.0. The van der Waals surface area contributed by atoms with Gasteiger partial charge < -0.3 is 19.5 Å². The zero-order valence-corrected chi connectivity index (χ0v) is 16.7. The molecule has 1 N–H and O–H groups in total. The molecular weight excluding hydrogens is 382 g/mol. The standard InChI is InChI=1S/C20H24F2N4O3/c1-12-23-18(25-29-12)19(2,3)24-17(27)14-6-7-15(26-10-20(21,22)11-26)16(8-14)28-9-13-4-5-13/h6-8,13H,4-5,9-11H2,1-3H3,(H,24,27). The topological polar surface area (TPSA) is 80.5 Å². The van der Waals surface area contributed by atoms with Crippen LogP contribution in [0.25, 0.3) is 0 Å². The van der Waals surface area contributed by atoms with Crippen molar-refractivity contribution in [3.8, 4) is 5.75 Å². The molecule has 4 rings (SSSR count). The van der Waals surface area contributed by atoms with Gasteiger partial charge in [0.25, 0.3) is 11.8 Å². The minimum absolute atomic E-state index is 0.339. The molecule has 9 heteroatoms. The summed E-state index contributed by atoms with van der Waals surface area (Å²) in [5.74, 6) is -1.29. The van der Waals surface area contributed by atoms with Crippen LogP contribution in [0.3, 0.4) is 0 Å². The van der Waals surface area contributed by atoms with Crippen LogP contribution < -0.4 is 15.0 Å². The third-order valence-electron chi connectivity index (χ3n) is 5.09. The van der Waals surface area contributed by atoms with E-state index in [1.165, 1.54) is 0 Å². The summed E-state index contributed by atoms with van der Waals surface area (Å²) in [6.07, 6.45) is 2.21. The summed E-state index contributed by atoms with van der Waals surface area (Å²) in [5.41, 5.74) is 0.114. The van der Waals surface area contributed by atoms with Crippen LogP contribution in [0.1, 0.15) is 48.8 Å². The number of carbonyl (C=O) groups is 1. The number of hydrogen-bond acceptors (Lipinski definition) is 6. The number of anilines is 1. The minimum Gasteiger partial charge on any atom is -0.491 e. The molecule has 0 bridgehead atoms. The van der Waals surface area contributed by atoms with Gasteiger partial charge in [0.1, 0.15) is 5.75 Å². The average molecular weight is 406 g/mol. The summed E-state index contributed by atoms with van der Waals surface area (Å²) < 4.78 is 37.5. The quantitative estimate of drug-likeness (QED) is 0.760. The normalized spacial score (nSPS) is 18.3. The Morgan fingerprint density at radius 1 is 1.38 bits per heavy atom. The fourth-order valence-corrected chi connectivity index (χ4v) is 3.17. The van der Waals surface area contributed by atoms with Gasteiger partial charge in [0, 0.05) is 12.5 Å². The number of alkyl halides is 2. The Kier molecular flexibility index (Phi) is 4.71. The summed E-state index contributed by atoms with van der Waals surface area (Å²) in [7, 11) is 0. The van der Waals surface area contributed by atoms with Gasteiger partial charge in [-0.15, -0.1) is 0 Å². The van der Waals surface area contributed by atoms with E-state index in [-0.39, 0.29) is 19.0 Å². The van der Waals surface area contributed by atoms with Crippen molar-refractivity contribution < 1.29 is 22.8 Å². The highest BCUT2D eigenvalue weighted by atomic mass is 19.3. The molecule has 2 heterocycles. The molecular formula is C20H24F2N4O3. The first-order valence-corrected chi connectivity index (χ1v) is 9.66. The second-order valence-electron chi connectivity index (χ2n) is 8.37. The fourth-order valence-electron chi connectivity index (χ4n) is 3.17. The van der Waals surface area contributed by atoms with E-state index in [9.17, 15) is 13.6 Å². The average Bonchev–Trinajstić information content (AvgIpc) is 3.35. The van der Waals surface area contributed by atoms with Crippen molar-refractivity contribution in [3.63, 3.8) is 0 Å². The van der Waals surface area contributed by atoms with Crippen LogP contribution in [-0.2, 0) is 5.54 Å². The third kappa shape index (κ3) is 4.33. The Morgan fingerprint density at radius 3 is 2.69 bits per heavy atom. The van der Waals surface area contributed by atoms with E-state index in [0.29, 0.717) is 41.2 Å². The molecule has 1 aliphatic carbocycles. The van der Waals surface area contributed by atoms with Gasteiger partial charge >= 0.3 is 0 Å². The van der Waals surface area contributed by atoms with Gasteiger partial charge in [-0.3, -0.25) is 4.79 Å². The lowest BCUT2D eigenvalue weighted by molar-refractivity contribution is -0.0265. The first-order chi connectivity index (χ1) is 13.6. The molecule has 2 aliphatic rings. The molecule has 29 heavy (non-hydrogen) atoms. The van der Waals surface area contributed by atoms with Crippen LogP contribution in [0.5, 0.6) is 5.75 Å². The van der Waals surface area contributed by atoms with Gasteiger partial charge in [-0.25, -0.2) is 8.78 Å². The summed E-state index contributed by atoms with van der Waals surface area (Å²) in [6.45, 7) is 5.06. The maximum atomic E-state index is 13.3. The molecule has 1 amide bonds. The molecule has 0 atom stereocenters. The highest BCUT2D eigenvalue weighted by molar-refractivity contribution is 5.95. The van der Waals surface area contributed by atoms with Gasteiger partial charge in [-0.2, -0.15) is 4.98 Å². The molecule has 0 spiro atoms. The van der Waals surface area contributed by atoms with Crippen LogP contribution in [-0.4, -0.2) is 41.7 Å². The predicted octanol–water partition coefficient (Wildman–Crippen LogP) is 3.29. The number of aromatic nitrogens is 2. The van der Waals surface area contributed by atoms with Gasteiger partial charge in [0.2, 0.25) is 5.89 Å². The molecule has 0 unspecified atom stereocenters. The predicted molar refractivity (Wildman–Crippen MR) is 101 cm³/mol. The molecule has 156 valence electrons. The van der Waals surface area contributed by atoms with E-state index in [2.05, 4.69) is 15.5 Å². The number of halogens is 2. The number of aryl methyl sites for hydroxylation is 1. The van der Waals surface area contributed by atoms with Gasteiger partial charge in [-0.1, -0.05) is 5.16 Å². The van der Waals surface area contributed by atoms with Gasteiger partial charge in [0.15, 0.2) is 5.82 Å². The number of amides is 1. The van der Waals surface area contributed by atoms with Crippen LogP contribution in [0.15, 0.2) is 22.7 Å². The van der Waals surface area contributed by atoms with Crippen molar-refractivity contribution in [2.45, 2.75) is 45.1 Å². The number of rotatable bonds is 7. The molecule has 7 nitrogen and oxygen atoms in total. The lowest BCUT2D eigenvalue weighted by Gasteiger charge is -2.41. The first-order valence-electron chi connectivity index (χ1n) is 9.66. The van der Waals surface area contributed by atoms with Crippen LogP contribution in [0.2, 0.25) is 0 Å². The monoisotopic (exact) mass is 406 g/mol. The Labute approximate surface area is 167 Å². The largest absolute Gasteiger partial charge is 0.491 e. The Hall–Kier alpha value is -2.71. The van der Waals surface area contributed by atoms with Crippen LogP contribution in [0, 0.1) is 12.8 Å². The fraction of sp³-hybridized carbons (Fsp3) is 0.550. The molecule has 1 saturated heterocycles. The number of benzene rings is 1. The molecule has 2 fully saturated rings. The van der Waals surface area contributed by atoms with E-state index in [4.69, 9.17) is 9.26 Å². The van der Waals surface area contributed by atoms with E-state index >= 15 is 0 Å². The Bertz CT molecular complexity index is 916.